The minimum Gasteiger partial charge on any atom is -0.497 e. The number of thioether (sulfide) groups is 1. The Bertz CT molecular complexity index is 777. The van der Waals surface area contributed by atoms with Crippen molar-refractivity contribution in [2.24, 2.45) is 4.99 Å². The molecule has 3 rings (SSSR count). The third-order valence-electron chi connectivity index (χ3n) is 3.86. The van der Waals surface area contributed by atoms with Crippen molar-refractivity contribution in [2.45, 2.75) is 6.42 Å². The molecule has 2 aromatic carbocycles. The summed E-state index contributed by atoms with van der Waals surface area (Å²) in [6.45, 7) is 0.659. The molecule has 1 fully saturated rings. The fraction of sp³-hybridized carbons (Fsp3) is 0.263. The van der Waals surface area contributed by atoms with Gasteiger partial charge in [0.25, 0.3) is 5.91 Å². The van der Waals surface area contributed by atoms with E-state index in [0.29, 0.717) is 34.5 Å². The molecule has 0 N–H and O–H groups in total. The molecule has 1 amide bonds. The zero-order valence-corrected chi connectivity index (χ0v) is 15.1. The number of carbonyl (C=O) groups excluding carboxylic acids is 1. The molecule has 0 unspecified atom stereocenters. The van der Waals surface area contributed by atoms with E-state index in [1.807, 2.05) is 48.5 Å². The maximum atomic E-state index is 12.9. The van der Waals surface area contributed by atoms with Crippen LogP contribution in [0.4, 0.5) is 5.69 Å². The van der Waals surface area contributed by atoms with Gasteiger partial charge in [-0.05, 0) is 30.7 Å². The van der Waals surface area contributed by atoms with Gasteiger partial charge < -0.3 is 9.47 Å². The van der Waals surface area contributed by atoms with Gasteiger partial charge in [0, 0.05) is 23.9 Å². The van der Waals surface area contributed by atoms with Crippen LogP contribution in [-0.4, -0.2) is 42.5 Å². The number of methoxy groups -OCH3 is 2. The largest absolute Gasteiger partial charge is 0.497 e. The van der Waals surface area contributed by atoms with Crippen LogP contribution in [0.2, 0.25) is 0 Å². The number of ether oxygens (including phenoxy) is 2. The Morgan fingerprint density at radius 3 is 2.64 bits per heavy atom. The zero-order valence-electron chi connectivity index (χ0n) is 14.3. The smallest absolute Gasteiger partial charge is 0.259 e. The van der Waals surface area contributed by atoms with E-state index in [9.17, 15) is 4.79 Å². The summed E-state index contributed by atoms with van der Waals surface area (Å²) in [6.07, 6.45) is 0.942. The number of hydrogen-bond donors (Lipinski definition) is 0. The van der Waals surface area contributed by atoms with Gasteiger partial charge in [-0.15, -0.1) is 0 Å². The molecule has 0 bridgehead atoms. The van der Waals surface area contributed by atoms with E-state index in [2.05, 4.69) is 0 Å². The molecule has 0 aliphatic carbocycles. The van der Waals surface area contributed by atoms with Crippen molar-refractivity contribution in [3.8, 4) is 11.5 Å². The number of aliphatic imine (C=N–C) groups is 1. The van der Waals surface area contributed by atoms with Gasteiger partial charge in [0.2, 0.25) is 0 Å². The van der Waals surface area contributed by atoms with Gasteiger partial charge in [-0.3, -0.25) is 9.69 Å². The van der Waals surface area contributed by atoms with Crippen LogP contribution in [0.1, 0.15) is 16.8 Å². The zero-order chi connectivity index (χ0) is 17.6. The molecule has 1 saturated heterocycles. The molecule has 1 aliphatic heterocycles. The minimum atomic E-state index is -0.0339. The second-order valence-corrected chi connectivity index (χ2v) is 6.52. The van der Waals surface area contributed by atoms with Crippen LogP contribution in [0.5, 0.6) is 11.5 Å². The van der Waals surface area contributed by atoms with Crippen molar-refractivity contribution < 1.29 is 14.3 Å². The molecular formula is C19H20N2O3S. The lowest BCUT2D eigenvalue weighted by Gasteiger charge is -2.28. The van der Waals surface area contributed by atoms with Gasteiger partial charge in [-0.25, -0.2) is 4.99 Å². The van der Waals surface area contributed by atoms with E-state index in [4.69, 9.17) is 14.5 Å². The molecule has 5 nitrogen and oxygen atoms in total. The average Bonchev–Trinajstić information content (AvgIpc) is 2.68. The van der Waals surface area contributed by atoms with Gasteiger partial charge in [0.1, 0.15) is 17.2 Å². The summed E-state index contributed by atoms with van der Waals surface area (Å²) in [4.78, 5) is 19.3. The van der Waals surface area contributed by atoms with Crippen LogP contribution in [-0.2, 0) is 0 Å². The minimum absolute atomic E-state index is 0.0339. The lowest BCUT2D eigenvalue weighted by Crippen LogP contribution is -2.39. The summed E-state index contributed by atoms with van der Waals surface area (Å²) >= 11 is 1.58. The van der Waals surface area contributed by atoms with Crippen molar-refractivity contribution in [1.82, 2.24) is 4.90 Å². The number of amidine groups is 1. The van der Waals surface area contributed by atoms with Gasteiger partial charge in [0.05, 0.1) is 14.2 Å². The van der Waals surface area contributed by atoms with Crippen molar-refractivity contribution >= 4 is 28.5 Å². The van der Waals surface area contributed by atoms with E-state index >= 15 is 0 Å². The van der Waals surface area contributed by atoms with Crippen molar-refractivity contribution in [2.75, 3.05) is 26.5 Å². The highest BCUT2D eigenvalue weighted by molar-refractivity contribution is 8.13. The third-order valence-corrected chi connectivity index (χ3v) is 4.92. The summed E-state index contributed by atoms with van der Waals surface area (Å²) in [6, 6.07) is 14.7. The Hall–Kier alpha value is -2.47. The normalized spacial score (nSPS) is 15.9. The van der Waals surface area contributed by atoms with E-state index < -0.39 is 0 Å². The lowest BCUT2D eigenvalue weighted by molar-refractivity contribution is 0.0849. The second-order valence-electron chi connectivity index (χ2n) is 5.46. The molecule has 0 radical (unpaired) electrons. The monoisotopic (exact) mass is 356 g/mol. The first-order valence-electron chi connectivity index (χ1n) is 8.03. The fourth-order valence-electron chi connectivity index (χ4n) is 2.56. The summed E-state index contributed by atoms with van der Waals surface area (Å²) in [5, 5.41) is 0.687. The predicted molar refractivity (Wildman–Crippen MR) is 101 cm³/mol. The van der Waals surface area contributed by atoms with E-state index in [1.54, 1.807) is 30.9 Å². The van der Waals surface area contributed by atoms with E-state index in [1.165, 1.54) is 0 Å². The standard InChI is InChI=1S/C19H20N2O3S/c1-23-15-9-10-17(24-2)16(13-15)20-19-21(11-6-12-25-19)18(22)14-7-4-3-5-8-14/h3-5,7-10,13H,6,11-12H2,1-2H3. The van der Waals surface area contributed by atoms with Crippen LogP contribution in [0.15, 0.2) is 53.5 Å². The van der Waals surface area contributed by atoms with Gasteiger partial charge in [-0.1, -0.05) is 30.0 Å². The number of carbonyl (C=O) groups is 1. The molecule has 0 atom stereocenters. The molecule has 1 heterocycles. The Morgan fingerprint density at radius 1 is 1.12 bits per heavy atom. The Balaban J connectivity index is 1.96. The number of amides is 1. The lowest BCUT2D eigenvalue weighted by atomic mass is 10.2. The predicted octanol–water partition coefficient (Wildman–Crippen LogP) is 3.97. The molecule has 6 heteroatoms. The molecule has 0 aromatic heterocycles. The summed E-state index contributed by atoms with van der Waals surface area (Å²) < 4.78 is 10.7. The van der Waals surface area contributed by atoms with Crippen LogP contribution in [0.3, 0.4) is 0 Å². The van der Waals surface area contributed by atoms with E-state index in [0.717, 1.165) is 12.2 Å². The third kappa shape index (κ3) is 3.96. The highest BCUT2D eigenvalue weighted by atomic mass is 32.2. The molecule has 0 saturated carbocycles. The quantitative estimate of drug-likeness (QED) is 0.832. The first-order valence-corrected chi connectivity index (χ1v) is 9.02. The number of hydrogen-bond acceptors (Lipinski definition) is 5. The molecule has 25 heavy (non-hydrogen) atoms. The summed E-state index contributed by atoms with van der Waals surface area (Å²) in [7, 11) is 3.21. The maximum absolute atomic E-state index is 12.9. The Morgan fingerprint density at radius 2 is 1.92 bits per heavy atom. The van der Waals surface area contributed by atoms with Crippen LogP contribution >= 0.6 is 11.8 Å². The van der Waals surface area contributed by atoms with Gasteiger partial charge >= 0.3 is 0 Å². The highest BCUT2D eigenvalue weighted by Gasteiger charge is 2.25. The first-order chi connectivity index (χ1) is 12.2. The Kier molecular flexibility index (Phi) is 5.60. The van der Waals surface area contributed by atoms with Crippen LogP contribution in [0.25, 0.3) is 0 Å². The molecule has 1 aliphatic rings. The molecular weight excluding hydrogens is 336 g/mol. The highest BCUT2D eigenvalue weighted by Crippen LogP contribution is 2.34. The van der Waals surface area contributed by atoms with E-state index in [-0.39, 0.29) is 5.91 Å². The number of benzene rings is 2. The van der Waals surface area contributed by atoms with Gasteiger partial charge in [-0.2, -0.15) is 0 Å². The first kappa shape index (κ1) is 17.4. The number of rotatable bonds is 4. The molecule has 130 valence electrons. The van der Waals surface area contributed by atoms with Crippen LogP contribution < -0.4 is 9.47 Å². The SMILES string of the molecule is COc1ccc(OC)c(N=C2SCCCN2C(=O)c2ccccc2)c1. The van der Waals surface area contributed by atoms with Crippen molar-refractivity contribution in [1.29, 1.82) is 0 Å². The fourth-order valence-corrected chi connectivity index (χ4v) is 3.51. The topological polar surface area (TPSA) is 51.1 Å². The van der Waals surface area contributed by atoms with Crippen molar-refractivity contribution in [3.05, 3.63) is 54.1 Å². The maximum Gasteiger partial charge on any atom is 0.259 e. The molecule has 2 aromatic rings. The van der Waals surface area contributed by atoms with Crippen molar-refractivity contribution in [3.63, 3.8) is 0 Å². The number of nitrogens with zero attached hydrogens (tertiary/aromatic N) is 2. The molecule has 0 spiro atoms. The van der Waals surface area contributed by atoms with Crippen LogP contribution in [0, 0.1) is 0 Å². The second kappa shape index (κ2) is 8.07. The Labute approximate surface area is 151 Å². The summed E-state index contributed by atoms with van der Waals surface area (Å²) in [5.74, 6) is 2.24. The van der Waals surface area contributed by atoms with Gasteiger partial charge in [0.15, 0.2) is 5.17 Å². The summed E-state index contributed by atoms with van der Waals surface area (Å²) in [5.41, 5.74) is 1.31. The average molecular weight is 356 g/mol.